The Morgan fingerprint density at radius 2 is 2.08 bits per heavy atom. The number of piperidine rings is 1. The molecule has 2 amide bonds. The third-order valence-corrected chi connectivity index (χ3v) is 5.52. The average Bonchev–Trinajstić information content (AvgIpc) is 3.06. The van der Waals surface area contributed by atoms with Crippen LogP contribution in [-0.2, 0) is 16.4 Å². The van der Waals surface area contributed by atoms with Gasteiger partial charge in [-0.05, 0) is 37.5 Å². The number of hydrogen-bond acceptors (Lipinski definition) is 6. The predicted octanol–water partition coefficient (Wildman–Crippen LogP) is 1.87. The summed E-state index contributed by atoms with van der Waals surface area (Å²) in [5.74, 6) is 1.24. The fourth-order valence-electron chi connectivity index (χ4n) is 2.99. The zero-order valence-corrected chi connectivity index (χ0v) is 15.6. The highest BCUT2D eigenvalue weighted by Gasteiger charge is 2.28. The van der Waals surface area contributed by atoms with E-state index in [2.05, 4.69) is 15.5 Å². The molecule has 2 aromatic rings. The normalized spacial score (nSPS) is 17.9. The van der Waals surface area contributed by atoms with Crippen molar-refractivity contribution in [3.8, 4) is 0 Å². The Morgan fingerprint density at radius 1 is 1.35 bits per heavy atom. The van der Waals surface area contributed by atoms with Gasteiger partial charge in [-0.15, -0.1) is 0 Å². The fraction of sp³-hybridized carbons (Fsp3) is 0.471. The van der Waals surface area contributed by atoms with Crippen molar-refractivity contribution < 1.29 is 17.7 Å². The van der Waals surface area contributed by atoms with Crippen molar-refractivity contribution in [2.75, 3.05) is 19.3 Å². The van der Waals surface area contributed by atoms with E-state index in [0.717, 1.165) is 18.4 Å². The molecule has 0 bridgehead atoms. The maximum atomic E-state index is 12.4. The first-order valence-corrected chi connectivity index (χ1v) is 10.3. The summed E-state index contributed by atoms with van der Waals surface area (Å²) in [5.41, 5.74) is 0.840. The van der Waals surface area contributed by atoms with Crippen molar-refractivity contribution in [2.45, 2.75) is 37.1 Å². The summed E-state index contributed by atoms with van der Waals surface area (Å²) >= 11 is 0. The van der Waals surface area contributed by atoms with Crippen LogP contribution in [0, 0.1) is 6.92 Å². The summed E-state index contributed by atoms with van der Waals surface area (Å²) < 4.78 is 28.2. The number of aryl methyl sites for hydroxylation is 1. The number of carbonyl (C=O) groups is 1. The number of amides is 2. The SMILES string of the molecule is Cc1noc(C2CCCN(C(=O)NCc3ccc(S(C)(=O)=O)cc3)C2)n1. The number of likely N-dealkylation sites (tertiary alicyclic amines) is 1. The van der Waals surface area contributed by atoms with Crippen LogP contribution < -0.4 is 5.32 Å². The first kappa shape index (κ1) is 18.4. The maximum Gasteiger partial charge on any atom is 0.317 e. The molecule has 8 nitrogen and oxygen atoms in total. The van der Waals surface area contributed by atoms with Crippen LogP contribution >= 0.6 is 0 Å². The lowest BCUT2D eigenvalue weighted by Gasteiger charge is -2.31. The molecule has 0 spiro atoms. The molecule has 1 atom stereocenters. The van der Waals surface area contributed by atoms with Gasteiger partial charge >= 0.3 is 6.03 Å². The number of benzene rings is 1. The number of carbonyl (C=O) groups excluding carboxylic acids is 1. The van der Waals surface area contributed by atoms with Crippen LogP contribution in [0.3, 0.4) is 0 Å². The monoisotopic (exact) mass is 378 g/mol. The van der Waals surface area contributed by atoms with Crippen molar-refractivity contribution in [1.29, 1.82) is 0 Å². The third-order valence-electron chi connectivity index (χ3n) is 4.40. The molecular weight excluding hydrogens is 356 g/mol. The van der Waals surface area contributed by atoms with Gasteiger partial charge in [-0.25, -0.2) is 13.2 Å². The van der Waals surface area contributed by atoms with Gasteiger partial charge in [-0.2, -0.15) is 4.98 Å². The Balaban J connectivity index is 1.56. The molecule has 3 rings (SSSR count). The number of urea groups is 1. The van der Waals surface area contributed by atoms with E-state index in [9.17, 15) is 13.2 Å². The number of aromatic nitrogens is 2. The summed E-state index contributed by atoms with van der Waals surface area (Å²) in [6.07, 6.45) is 2.96. The van der Waals surface area contributed by atoms with E-state index in [4.69, 9.17) is 4.52 Å². The molecule has 140 valence electrons. The molecule has 1 aromatic heterocycles. The fourth-order valence-corrected chi connectivity index (χ4v) is 3.62. The molecule has 1 aromatic carbocycles. The van der Waals surface area contributed by atoms with E-state index in [1.165, 1.54) is 6.26 Å². The quantitative estimate of drug-likeness (QED) is 0.871. The number of hydrogen-bond donors (Lipinski definition) is 1. The molecule has 0 saturated carbocycles. The maximum absolute atomic E-state index is 12.4. The number of rotatable bonds is 4. The molecule has 1 unspecified atom stereocenters. The molecule has 1 aliphatic heterocycles. The summed E-state index contributed by atoms with van der Waals surface area (Å²) in [5, 5.41) is 6.69. The Morgan fingerprint density at radius 3 is 2.69 bits per heavy atom. The predicted molar refractivity (Wildman–Crippen MR) is 94.4 cm³/mol. The van der Waals surface area contributed by atoms with E-state index >= 15 is 0 Å². The molecular formula is C17H22N4O4S. The zero-order valence-electron chi connectivity index (χ0n) is 14.8. The van der Waals surface area contributed by atoms with Gasteiger partial charge in [0.15, 0.2) is 15.7 Å². The second-order valence-electron chi connectivity index (χ2n) is 6.54. The Hall–Kier alpha value is -2.42. The van der Waals surface area contributed by atoms with Gasteiger partial charge in [0.05, 0.1) is 10.8 Å². The van der Waals surface area contributed by atoms with Gasteiger partial charge in [0, 0.05) is 25.9 Å². The number of sulfone groups is 1. The molecule has 1 N–H and O–H groups in total. The molecule has 26 heavy (non-hydrogen) atoms. The van der Waals surface area contributed by atoms with Crippen molar-refractivity contribution in [3.05, 3.63) is 41.5 Å². The second-order valence-corrected chi connectivity index (χ2v) is 8.56. The van der Waals surface area contributed by atoms with E-state index in [-0.39, 0.29) is 16.8 Å². The van der Waals surface area contributed by atoms with Crippen LogP contribution in [0.5, 0.6) is 0 Å². The molecule has 1 fully saturated rings. The topological polar surface area (TPSA) is 105 Å². The largest absolute Gasteiger partial charge is 0.339 e. The van der Waals surface area contributed by atoms with Crippen molar-refractivity contribution in [2.24, 2.45) is 0 Å². The van der Waals surface area contributed by atoms with Crippen LogP contribution in [0.15, 0.2) is 33.7 Å². The molecule has 9 heteroatoms. The van der Waals surface area contributed by atoms with E-state index in [1.807, 2.05) is 0 Å². The van der Waals surface area contributed by atoms with Gasteiger partial charge in [-0.1, -0.05) is 17.3 Å². The minimum absolute atomic E-state index is 0.0599. The highest BCUT2D eigenvalue weighted by molar-refractivity contribution is 7.90. The molecule has 2 heterocycles. The first-order chi connectivity index (χ1) is 12.3. The first-order valence-electron chi connectivity index (χ1n) is 8.45. The highest BCUT2D eigenvalue weighted by atomic mass is 32.2. The standard InChI is InChI=1S/C17H22N4O4S/c1-12-19-16(25-20-12)14-4-3-9-21(11-14)17(22)18-10-13-5-7-15(8-6-13)26(2,23)24/h5-8,14H,3-4,9-11H2,1-2H3,(H,18,22). The van der Waals surface area contributed by atoms with Crippen molar-refractivity contribution in [3.63, 3.8) is 0 Å². The lowest BCUT2D eigenvalue weighted by Crippen LogP contribution is -2.44. The van der Waals surface area contributed by atoms with E-state index < -0.39 is 9.84 Å². The molecule has 1 saturated heterocycles. The van der Waals surface area contributed by atoms with Crippen LogP contribution in [0.4, 0.5) is 4.79 Å². The second kappa shape index (κ2) is 7.45. The van der Waals surface area contributed by atoms with Crippen LogP contribution in [-0.4, -0.2) is 48.8 Å². The van der Waals surface area contributed by atoms with Gasteiger partial charge in [0.25, 0.3) is 0 Å². The van der Waals surface area contributed by atoms with Crippen LogP contribution in [0.1, 0.15) is 36.0 Å². The highest BCUT2D eigenvalue weighted by Crippen LogP contribution is 2.25. The van der Waals surface area contributed by atoms with Crippen molar-refractivity contribution in [1.82, 2.24) is 20.4 Å². The summed E-state index contributed by atoms with van der Waals surface area (Å²) in [7, 11) is -3.21. The zero-order chi connectivity index (χ0) is 18.7. The number of nitrogens with one attached hydrogen (secondary N) is 1. The molecule has 0 aliphatic carbocycles. The number of nitrogens with zero attached hydrogens (tertiary/aromatic N) is 3. The lowest BCUT2D eigenvalue weighted by atomic mass is 9.98. The van der Waals surface area contributed by atoms with Gasteiger partial charge in [0.1, 0.15) is 0 Å². The summed E-state index contributed by atoms with van der Waals surface area (Å²) in [4.78, 5) is 18.7. The minimum Gasteiger partial charge on any atom is -0.339 e. The van der Waals surface area contributed by atoms with Gasteiger partial charge in [0.2, 0.25) is 5.89 Å². The minimum atomic E-state index is -3.21. The smallest absolute Gasteiger partial charge is 0.317 e. The Bertz CT molecular complexity index is 876. The Kier molecular flexibility index (Phi) is 5.26. The third kappa shape index (κ3) is 4.40. The molecule has 1 aliphatic rings. The van der Waals surface area contributed by atoms with Crippen LogP contribution in [0.2, 0.25) is 0 Å². The van der Waals surface area contributed by atoms with Gasteiger partial charge in [-0.3, -0.25) is 0 Å². The Labute approximate surface area is 152 Å². The average molecular weight is 378 g/mol. The van der Waals surface area contributed by atoms with Gasteiger partial charge < -0.3 is 14.7 Å². The summed E-state index contributed by atoms with van der Waals surface area (Å²) in [6.45, 7) is 3.34. The summed E-state index contributed by atoms with van der Waals surface area (Å²) in [6, 6.07) is 6.35. The van der Waals surface area contributed by atoms with E-state index in [1.54, 1.807) is 36.1 Å². The lowest BCUT2D eigenvalue weighted by molar-refractivity contribution is 0.171. The van der Waals surface area contributed by atoms with Crippen molar-refractivity contribution >= 4 is 15.9 Å². The van der Waals surface area contributed by atoms with E-state index in [0.29, 0.717) is 31.3 Å². The molecule has 0 radical (unpaired) electrons. The van der Waals surface area contributed by atoms with Crippen LogP contribution in [0.25, 0.3) is 0 Å².